The number of carbonyl (C=O) groups excluding carboxylic acids is 1. The van der Waals surface area contributed by atoms with Crippen molar-refractivity contribution in [2.75, 3.05) is 6.61 Å². The number of unbranched alkanes of at least 4 members (excludes halogenated alkanes) is 6. The molecule has 2 heteroatoms. The zero-order chi connectivity index (χ0) is 11.4. The molecule has 1 radical (unpaired) electrons. The minimum absolute atomic E-state index is 0.0319. The van der Waals surface area contributed by atoms with Crippen LogP contribution in [0.25, 0.3) is 0 Å². The highest BCUT2D eigenvalue weighted by Crippen LogP contribution is 2.04. The molecule has 0 bridgehead atoms. The maximum absolute atomic E-state index is 11.2. The Bertz CT molecular complexity index is 143. The summed E-state index contributed by atoms with van der Waals surface area (Å²) in [6.07, 6.45) is 9.34. The van der Waals surface area contributed by atoms with E-state index in [-0.39, 0.29) is 5.97 Å². The fourth-order valence-corrected chi connectivity index (χ4v) is 1.41. The van der Waals surface area contributed by atoms with E-state index in [1.165, 1.54) is 19.3 Å². The first-order chi connectivity index (χ1) is 7.31. The van der Waals surface area contributed by atoms with Crippen LogP contribution in [0.2, 0.25) is 0 Å². The lowest BCUT2D eigenvalue weighted by Gasteiger charge is -2.04. The lowest BCUT2D eigenvalue weighted by Crippen LogP contribution is -2.05. The van der Waals surface area contributed by atoms with Gasteiger partial charge < -0.3 is 4.74 Å². The highest BCUT2D eigenvalue weighted by Gasteiger charge is 2.01. The van der Waals surface area contributed by atoms with Crippen molar-refractivity contribution in [2.45, 2.75) is 64.7 Å². The molecule has 0 amide bonds. The summed E-state index contributed by atoms with van der Waals surface area (Å²) >= 11 is 0. The van der Waals surface area contributed by atoms with Gasteiger partial charge in [-0.2, -0.15) is 0 Å². The van der Waals surface area contributed by atoms with Crippen molar-refractivity contribution in [1.29, 1.82) is 0 Å². The van der Waals surface area contributed by atoms with Gasteiger partial charge in [0.25, 0.3) is 0 Å². The maximum Gasteiger partial charge on any atom is 0.305 e. The van der Waals surface area contributed by atoms with Gasteiger partial charge in [0, 0.05) is 6.42 Å². The highest BCUT2D eigenvalue weighted by molar-refractivity contribution is 5.69. The molecule has 2 nitrogen and oxygen atoms in total. The Hall–Kier alpha value is -0.530. The van der Waals surface area contributed by atoms with Crippen molar-refractivity contribution in [3.63, 3.8) is 0 Å². The van der Waals surface area contributed by atoms with Gasteiger partial charge in [-0.1, -0.05) is 52.4 Å². The van der Waals surface area contributed by atoms with Gasteiger partial charge in [-0.25, -0.2) is 0 Å². The second-order valence-electron chi connectivity index (χ2n) is 3.95. The third kappa shape index (κ3) is 11.4. The van der Waals surface area contributed by atoms with E-state index < -0.39 is 0 Å². The van der Waals surface area contributed by atoms with Crippen LogP contribution >= 0.6 is 0 Å². The van der Waals surface area contributed by atoms with Crippen molar-refractivity contribution in [2.24, 2.45) is 0 Å². The summed E-state index contributed by atoms with van der Waals surface area (Å²) in [5.74, 6) is -0.0319. The molecular formula is C13H25O2. The number of rotatable bonds is 10. The van der Waals surface area contributed by atoms with Crippen LogP contribution in [-0.2, 0) is 9.53 Å². The molecule has 0 heterocycles. The Kier molecular flexibility index (Phi) is 11.1. The van der Waals surface area contributed by atoms with Gasteiger partial charge in [0.2, 0.25) is 0 Å². The van der Waals surface area contributed by atoms with Crippen LogP contribution in [0.4, 0.5) is 0 Å². The van der Waals surface area contributed by atoms with E-state index in [2.05, 4.69) is 13.8 Å². The molecule has 0 aromatic rings. The first-order valence-electron chi connectivity index (χ1n) is 6.26. The summed E-state index contributed by atoms with van der Waals surface area (Å²) in [7, 11) is 0. The molecule has 0 aromatic carbocycles. The molecule has 89 valence electrons. The second-order valence-corrected chi connectivity index (χ2v) is 3.95. The van der Waals surface area contributed by atoms with Crippen molar-refractivity contribution in [3.05, 3.63) is 6.92 Å². The smallest absolute Gasteiger partial charge is 0.305 e. The minimum Gasteiger partial charge on any atom is -0.466 e. The van der Waals surface area contributed by atoms with E-state index in [9.17, 15) is 4.79 Å². The summed E-state index contributed by atoms with van der Waals surface area (Å²) < 4.78 is 5.11. The zero-order valence-electron chi connectivity index (χ0n) is 10.1. The standard InChI is InChI=1S/C13H25O2/c1-3-5-7-9-11-13(14)15-12-10-8-6-4-2/h1,3-12H2,2H3. The van der Waals surface area contributed by atoms with Crippen LogP contribution in [-0.4, -0.2) is 12.6 Å². The molecule has 0 saturated heterocycles. The number of hydrogen-bond donors (Lipinski definition) is 0. The van der Waals surface area contributed by atoms with Gasteiger partial charge in [0.15, 0.2) is 0 Å². The predicted molar refractivity (Wildman–Crippen MR) is 63.5 cm³/mol. The number of carbonyl (C=O) groups is 1. The molecule has 0 aromatic heterocycles. The third-order valence-electron chi connectivity index (χ3n) is 2.39. The number of esters is 1. The number of hydrogen-bond acceptors (Lipinski definition) is 2. The normalized spacial score (nSPS) is 10.3. The fraction of sp³-hybridized carbons (Fsp3) is 0.846. The van der Waals surface area contributed by atoms with E-state index in [1.807, 2.05) is 0 Å². The molecular weight excluding hydrogens is 188 g/mol. The van der Waals surface area contributed by atoms with Crippen LogP contribution in [0.3, 0.4) is 0 Å². The fourth-order valence-electron chi connectivity index (χ4n) is 1.41. The molecule has 0 N–H and O–H groups in total. The molecule has 0 unspecified atom stereocenters. The van der Waals surface area contributed by atoms with Crippen molar-refractivity contribution < 1.29 is 9.53 Å². The van der Waals surface area contributed by atoms with Crippen LogP contribution in [0, 0.1) is 6.92 Å². The first kappa shape index (κ1) is 14.5. The quantitative estimate of drug-likeness (QED) is 0.406. The molecule has 0 aliphatic heterocycles. The van der Waals surface area contributed by atoms with Gasteiger partial charge in [-0.15, -0.1) is 0 Å². The summed E-state index contributed by atoms with van der Waals surface area (Å²) in [5, 5.41) is 0. The van der Waals surface area contributed by atoms with Gasteiger partial charge >= 0.3 is 5.97 Å². The lowest BCUT2D eigenvalue weighted by molar-refractivity contribution is -0.143. The van der Waals surface area contributed by atoms with E-state index in [1.54, 1.807) is 0 Å². The van der Waals surface area contributed by atoms with Gasteiger partial charge in [-0.3, -0.25) is 4.79 Å². The Labute approximate surface area is 94.4 Å². The van der Waals surface area contributed by atoms with E-state index in [0.717, 1.165) is 32.1 Å². The van der Waals surface area contributed by atoms with Gasteiger partial charge in [-0.05, 0) is 12.8 Å². The average Bonchev–Trinajstić information content (AvgIpc) is 2.24. The molecule has 0 aliphatic rings. The minimum atomic E-state index is -0.0319. The summed E-state index contributed by atoms with van der Waals surface area (Å²) in [4.78, 5) is 11.2. The van der Waals surface area contributed by atoms with Crippen LogP contribution in [0.5, 0.6) is 0 Å². The van der Waals surface area contributed by atoms with Gasteiger partial charge in [0.1, 0.15) is 0 Å². The van der Waals surface area contributed by atoms with E-state index in [0.29, 0.717) is 13.0 Å². The van der Waals surface area contributed by atoms with Crippen molar-refractivity contribution in [1.82, 2.24) is 0 Å². The highest BCUT2D eigenvalue weighted by atomic mass is 16.5. The monoisotopic (exact) mass is 213 g/mol. The van der Waals surface area contributed by atoms with Crippen molar-refractivity contribution >= 4 is 5.97 Å². The maximum atomic E-state index is 11.2. The number of ether oxygens (including phenoxy) is 1. The Morgan fingerprint density at radius 3 is 2.47 bits per heavy atom. The molecule has 0 fully saturated rings. The molecule has 0 spiro atoms. The largest absolute Gasteiger partial charge is 0.466 e. The van der Waals surface area contributed by atoms with E-state index in [4.69, 9.17) is 4.74 Å². The Balaban J connectivity index is 3.11. The lowest BCUT2D eigenvalue weighted by atomic mass is 10.1. The first-order valence-corrected chi connectivity index (χ1v) is 6.26. The molecule has 0 saturated carbocycles. The second kappa shape index (κ2) is 11.5. The SMILES string of the molecule is [CH2]CCCCCC(=O)OCCCCCC. The van der Waals surface area contributed by atoms with Crippen LogP contribution in [0.15, 0.2) is 0 Å². The van der Waals surface area contributed by atoms with Crippen LogP contribution in [0.1, 0.15) is 64.7 Å². The third-order valence-corrected chi connectivity index (χ3v) is 2.39. The van der Waals surface area contributed by atoms with Crippen LogP contribution < -0.4 is 0 Å². The van der Waals surface area contributed by atoms with E-state index >= 15 is 0 Å². The summed E-state index contributed by atoms with van der Waals surface area (Å²) in [6.45, 7) is 6.54. The predicted octanol–water partition coefficient (Wildman–Crippen LogP) is 3.89. The topological polar surface area (TPSA) is 26.3 Å². The molecule has 0 rings (SSSR count). The van der Waals surface area contributed by atoms with Gasteiger partial charge in [0.05, 0.1) is 6.61 Å². The Morgan fingerprint density at radius 1 is 1.07 bits per heavy atom. The molecule has 0 aliphatic carbocycles. The molecule has 15 heavy (non-hydrogen) atoms. The average molecular weight is 213 g/mol. The molecule has 0 atom stereocenters. The van der Waals surface area contributed by atoms with Crippen molar-refractivity contribution in [3.8, 4) is 0 Å². The zero-order valence-corrected chi connectivity index (χ0v) is 10.1. The summed E-state index contributed by atoms with van der Waals surface area (Å²) in [5.41, 5.74) is 0. The Morgan fingerprint density at radius 2 is 1.80 bits per heavy atom. The summed E-state index contributed by atoms with van der Waals surface area (Å²) in [6, 6.07) is 0.